The van der Waals surface area contributed by atoms with Gasteiger partial charge in [0.05, 0.1) is 5.56 Å². The zero-order valence-electron chi connectivity index (χ0n) is 14.1. The van der Waals surface area contributed by atoms with E-state index in [-0.39, 0.29) is 11.8 Å². The highest BCUT2D eigenvalue weighted by atomic mass is 35.5. The van der Waals surface area contributed by atoms with E-state index in [1.165, 1.54) is 4.90 Å². The first-order chi connectivity index (χ1) is 13.1. The summed E-state index contributed by atoms with van der Waals surface area (Å²) in [7, 11) is 0. The summed E-state index contributed by atoms with van der Waals surface area (Å²) in [6, 6.07) is 21.5. The predicted molar refractivity (Wildman–Crippen MR) is 105 cm³/mol. The van der Waals surface area contributed by atoms with Gasteiger partial charge in [0.1, 0.15) is 0 Å². The molecule has 5 nitrogen and oxygen atoms in total. The van der Waals surface area contributed by atoms with Crippen molar-refractivity contribution in [3.8, 4) is 0 Å². The van der Waals surface area contributed by atoms with Crippen LogP contribution in [-0.4, -0.2) is 11.8 Å². The zero-order chi connectivity index (χ0) is 18.6. The van der Waals surface area contributed by atoms with Crippen LogP contribution in [0.2, 0.25) is 5.02 Å². The van der Waals surface area contributed by atoms with Gasteiger partial charge in [0.15, 0.2) is 0 Å². The van der Waals surface area contributed by atoms with Gasteiger partial charge in [-0.25, -0.2) is 0 Å². The molecule has 2 aliphatic heterocycles. The molecular formula is C21H14ClN3O2. The lowest BCUT2D eigenvalue weighted by Gasteiger charge is -2.44. The van der Waals surface area contributed by atoms with Crippen molar-refractivity contribution in [2.75, 3.05) is 15.5 Å². The molecule has 2 heterocycles. The summed E-state index contributed by atoms with van der Waals surface area (Å²) >= 11 is 6.23. The first-order valence-corrected chi connectivity index (χ1v) is 8.87. The molecule has 5 rings (SSSR count). The third-order valence-corrected chi connectivity index (χ3v) is 5.21. The summed E-state index contributed by atoms with van der Waals surface area (Å²) in [5.74, 6) is -0.579. The van der Waals surface area contributed by atoms with Gasteiger partial charge < -0.3 is 10.6 Å². The Morgan fingerprint density at radius 3 is 2.41 bits per heavy atom. The van der Waals surface area contributed by atoms with Crippen LogP contribution in [0.1, 0.15) is 15.9 Å². The molecule has 6 heteroatoms. The first kappa shape index (κ1) is 15.9. The fourth-order valence-corrected chi connectivity index (χ4v) is 3.97. The van der Waals surface area contributed by atoms with Gasteiger partial charge in [-0.15, -0.1) is 0 Å². The lowest BCUT2D eigenvalue weighted by Crippen LogP contribution is -2.61. The number of benzene rings is 3. The Morgan fingerprint density at radius 2 is 1.59 bits per heavy atom. The maximum Gasteiger partial charge on any atom is 0.276 e. The predicted octanol–water partition coefficient (Wildman–Crippen LogP) is 4.22. The van der Waals surface area contributed by atoms with Gasteiger partial charge in [0, 0.05) is 27.6 Å². The van der Waals surface area contributed by atoms with E-state index in [4.69, 9.17) is 11.6 Å². The SMILES string of the molecule is O=C1c2ccccc2NC2(C(=O)Nc3ccc(Cl)cc32)N1c1ccccc1. The fraction of sp³-hybridized carbons (Fsp3) is 0.0476. The molecule has 0 bridgehead atoms. The summed E-state index contributed by atoms with van der Waals surface area (Å²) < 4.78 is 0. The normalized spacial score (nSPS) is 20.1. The van der Waals surface area contributed by atoms with Crippen LogP contribution in [0.3, 0.4) is 0 Å². The number of hydrogen-bond acceptors (Lipinski definition) is 3. The number of carbonyl (C=O) groups is 2. The van der Waals surface area contributed by atoms with Gasteiger partial charge in [0.2, 0.25) is 5.66 Å². The number of rotatable bonds is 1. The van der Waals surface area contributed by atoms with Crippen LogP contribution in [0.5, 0.6) is 0 Å². The Morgan fingerprint density at radius 1 is 0.852 bits per heavy atom. The highest BCUT2D eigenvalue weighted by molar-refractivity contribution is 6.31. The summed E-state index contributed by atoms with van der Waals surface area (Å²) in [6.07, 6.45) is 0. The lowest BCUT2D eigenvalue weighted by molar-refractivity contribution is -0.119. The van der Waals surface area contributed by atoms with E-state index < -0.39 is 5.66 Å². The minimum Gasteiger partial charge on any atom is -0.350 e. The number of para-hydroxylation sites is 2. The monoisotopic (exact) mass is 375 g/mol. The molecule has 1 spiro atoms. The maximum absolute atomic E-state index is 13.5. The molecular weight excluding hydrogens is 362 g/mol. The third-order valence-electron chi connectivity index (χ3n) is 4.97. The number of hydrogen-bond donors (Lipinski definition) is 2. The molecule has 1 unspecified atom stereocenters. The second kappa shape index (κ2) is 5.59. The Hall–Kier alpha value is -3.31. The van der Waals surface area contributed by atoms with E-state index in [0.29, 0.717) is 33.2 Å². The molecule has 0 radical (unpaired) electrons. The summed E-state index contributed by atoms with van der Waals surface area (Å²) in [5.41, 5.74) is 1.57. The van der Waals surface area contributed by atoms with E-state index in [2.05, 4.69) is 10.6 Å². The fourth-order valence-electron chi connectivity index (χ4n) is 3.80. The Bertz CT molecular complexity index is 1100. The molecule has 0 saturated heterocycles. The van der Waals surface area contributed by atoms with Crippen LogP contribution in [0.4, 0.5) is 17.1 Å². The number of nitrogens with zero attached hydrogens (tertiary/aromatic N) is 1. The zero-order valence-corrected chi connectivity index (χ0v) is 14.8. The van der Waals surface area contributed by atoms with E-state index in [1.54, 1.807) is 36.4 Å². The van der Waals surface area contributed by atoms with Crippen molar-refractivity contribution in [2.45, 2.75) is 5.66 Å². The lowest BCUT2D eigenvalue weighted by atomic mass is 9.92. The van der Waals surface area contributed by atoms with Gasteiger partial charge in [0.25, 0.3) is 11.8 Å². The summed E-state index contributed by atoms with van der Waals surface area (Å²) in [6.45, 7) is 0. The molecule has 2 N–H and O–H groups in total. The highest BCUT2D eigenvalue weighted by Gasteiger charge is 2.57. The number of fused-ring (bicyclic) bond motifs is 3. The average molecular weight is 376 g/mol. The largest absolute Gasteiger partial charge is 0.350 e. The molecule has 0 aliphatic carbocycles. The Balaban J connectivity index is 1.83. The number of halogens is 1. The molecule has 0 aromatic heterocycles. The summed E-state index contributed by atoms with van der Waals surface area (Å²) in [4.78, 5) is 28.2. The molecule has 27 heavy (non-hydrogen) atoms. The second-order valence-electron chi connectivity index (χ2n) is 6.50. The van der Waals surface area contributed by atoms with E-state index in [9.17, 15) is 9.59 Å². The van der Waals surface area contributed by atoms with E-state index in [0.717, 1.165) is 0 Å². The Labute approximate surface area is 160 Å². The van der Waals surface area contributed by atoms with E-state index in [1.807, 2.05) is 36.4 Å². The third kappa shape index (κ3) is 2.12. The van der Waals surface area contributed by atoms with Gasteiger partial charge in [-0.1, -0.05) is 41.9 Å². The topological polar surface area (TPSA) is 61.4 Å². The molecule has 2 amide bonds. The van der Waals surface area contributed by atoms with Crippen molar-refractivity contribution in [1.82, 2.24) is 0 Å². The maximum atomic E-state index is 13.5. The molecule has 3 aromatic rings. The first-order valence-electron chi connectivity index (χ1n) is 8.49. The molecule has 0 saturated carbocycles. The van der Waals surface area contributed by atoms with Gasteiger partial charge >= 0.3 is 0 Å². The van der Waals surface area contributed by atoms with E-state index >= 15 is 0 Å². The second-order valence-corrected chi connectivity index (χ2v) is 6.94. The quantitative estimate of drug-likeness (QED) is 0.669. The molecule has 3 aromatic carbocycles. The molecule has 2 aliphatic rings. The number of nitrogens with one attached hydrogen (secondary N) is 2. The van der Waals surface area contributed by atoms with Crippen molar-refractivity contribution < 1.29 is 9.59 Å². The summed E-state index contributed by atoms with van der Waals surface area (Å²) in [5, 5.41) is 6.69. The van der Waals surface area contributed by atoms with Crippen LogP contribution in [0, 0.1) is 0 Å². The van der Waals surface area contributed by atoms with Crippen LogP contribution < -0.4 is 15.5 Å². The standard InChI is InChI=1S/C21H14ClN3O2/c22-13-10-11-18-16(12-13)21(20(27)23-18)24-17-9-5-4-8-15(17)19(26)25(21)14-6-2-1-3-7-14/h1-12,24H,(H,23,27). The van der Waals surface area contributed by atoms with Gasteiger partial charge in [-0.05, 0) is 42.5 Å². The van der Waals surface area contributed by atoms with Gasteiger partial charge in [-0.3, -0.25) is 14.5 Å². The van der Waals surface area contributed by atoms with Crippen LogP contribution in [0.15, 0.2) is 72.8 Å². The molecule has 0 fully saturated rings. The van der Waals surface area contributed by atoms with Crippen molar-refractivity contribution in [2.24, 2.45) is 0 Å². The van der Waals surface area contributed by atoms with Crippen molar-refractivity contribution in [3.63, 3.8) is 0 Å². The minimum absolute atomic E-state index is 0.251. The number of carbonyl (C=O) groups excluding carboxylic acids is 2. The molecule has 132 valence electrons. The average Bonchev–Trinajstić information content (AvgIpc) is 2.94. The van der Waals surface area contributed by atoms with Gasteiger partial charge in [-0.2, -0.15) is 0 Å². The number of amides is 2. The van der Waals surface area contributed by atoms with Crippen molar-refractivity contribution >= 4 is 40.5 Å². The van der Waals surface area contributed by atoms with Crippen molar-refractivity contribution in [3.05, 3.63) is 88.9 Å². The Kier molecular flexibility index (Phi) is 3.29. The number of anilines is 3. The van der Waals surface area contributed by atoms with Crippen LogP contribution in [0.25, 0.3) is 0 Å². The smallest absolute Gasteiger partial charge is 0.276 e. The van der Waals surface area contributed by atoms with Crippen LogP contribution in [-0.2, 0) is 10.5 Å². The van der Waals surface area contributed by atoms with Crippen LogP contribution >= 0.6 is 11.6 Å². The highest BCUT2D eigenvalue weighted by Crippen LogP contribution is 2.47. The minimum atomic E-state index is -1.41. The molecule has 1 atom stereocenters. The van der Waals surface area contributed by atoms with Crippen molar-refractivity contribution in [1.29, 1.82) is 0 Å².